The zero-order chi connectivity index (χ0) is 21.6. The van der Waals surface area contributed by atoms with Gasteiger partial charge in [0.25, 0.3) is 5.91 Å². The Balaban J connectivity index is 1.23. The fraction of sp³-hybridized carbons (Fsp3) is 0.720. The molecule has 1 aromatic rings. The maximum absolute atomic E-state index is 12.7. The second kappa shape index (κ2) is 10.6. The van der Waals surface area contributed by atoms with Crippen LogP contribution in [0.2, 0.25) is 0 Å². The fourth-order valence-electron chi connectivity index (χ4n) is 5.36. The van der Waals surface area contributed by atoms with E-state index in [9.17, 15) is 9.59 Å². The topological polar surface area (TPSA) is 56.8 Å². The number of rotatable bonds is 5. The molecule has 0 radical (unpaired) electrons. The van der Waals surface area contributed by atoms with E-state index in [-0.39, 0.29) is 5.91 Å². The van der Waals surface area contributed by atoms with Gasteiger partial charge in [0, 0.05) is 63.0 Å². The Morgan fingerprint density at radius 1 is 0.903 bits per heavy atom. The van der Waals surface area contributed by atoms with E-state index in [0.29, 0.717) is 29.9 Å². The van der Waals surface area contributed by atoms with Crippen molar-refractivity contribution in [3.8, 4) is 0 Å². The molecule has 3 aliphatic rings. The second-order valence-electron chi connectivity index (χ2n) is 9.61. The molecule has 3 saturated heterocycles. The van der Waals surface area contributed by atoms with E-state index in [1.807, 2.05) is 21.9 Å². The van der Waals surface area contributed by atoms with Crippen LogP contribution in [0, 0.1) is 0 Å². The minimum atomic E-state index is 0.113. The van der Waals surface area contributed by atoms with Gasteiger partial charge in [-0.15, -0.1) is 0 Å². The molecule has 2 amide bonds. The third-order valence-corrected chi connectivity index (χ3v) is 7.50. The van der Waals surface area contributed by atoms with Crippen molar-refractivity contribution in [2.24, 2.45) is 0 Å². The number of amides is 2. The zero-order valence-corrected chi connectivity index (χ0v) is 19.1. The average Bonchev–Trinajstić information content (AvgIpc) is 2.84. The van der Waals surface area contributed by atoms with Crippen molar-refractivity contribution in [3.63, 3.8) is 0 Å². The summed E-state index contributed by atoms with van der Waals surface area (Å²) in [7, 11) is 0. The summed E-state index contributed by atoms with van der Waals surface area (Å²) in [5.41, 5.74) is 1.76. The maximum Gasteiger partial charge on any atom is 0.255 e. The van der Waals surface area contributed by atoms with Crippen LogP contribution in [-0.2, 0) is 4.79 Å². The molecule has 0 aliphatic carbocycles. The molecule has 0 aromatic carbocycles. The number of nitrogens with zero attached hydrogens (tertiary/aromatic N) is 4. The van der Waals surface area contributed by atoms with Crippen LogP contribution in [-0.4, -0.2) is 76.8 Å². The van der Waals surface area contributed by atoms with E-state index in [1.54, 1.807) is 6.20 Å². The standard InChI is InChI=1S/C25H38N4O2/c1-20-7-3-6-13-27(20)18-12-24(30)28-16-10-21(11-17-28)23-9-8-22(19-26-23)25(31)29-14-4-2-5-15-29/h8-9,19-21H,2-7,10-18H2,1H3/t20-/m1/s1. The highest BCUT2D eigenvalue weighted by molar-refractivity contribution is 5.94. The lowest BCUT2D eigenvalue weighted by Gasteiger charge is -2.35. The van der Waals surface area contributed by atoms with Gasteiger partial charge in [-0.25, -0.2) is 0 Å². The lowest BCUT2D eigenvalue weighted by molar-refractivity contribution is -0.132. The summed E-state index contributed by atoms with van der Waals surface area (Å²) >= 11 is 0. The Bertz CT molecular complexity index is 736. The first-order chi connectivity index (χ1) is 15.1. The second-order valence-corrected chi connectivity index (χ2v) is 9.61. The van der Waals surface area contributed by atoms with Gasteiger partial charge in [-0.1, -0.05) is 6.42 Å². The van der Waals surface area contributed by atoms with Crippen LogP contribution in [0.25, 0.3) is 0 Å². The van der Waals surface area contributed by atoms with Crippen molar-refractivity contribution < 1.29 is 9.59 Å². The predicted octanol–water partition coefficient (Wildman–Crippen LogP) is 3.68. The van der Waals surface area contributed by atoms with Gasteiger partial charge in [-0.3, -0.25) is 14.6 Å². The monoisotopic (exact) mass is 426 g/mol. The van der Waals surface area contributed by atoms with Crippen LogP contribution >= 0.6 is 0 Å². The third kappa shape index (κ3) is 5.65. The van der Waals surface area contributed by atoms with Crippen LogP contribution in [0.5, 0.6) is 0 Å². The summed E-state index contributed by atoms with van der Waals surface area (Å²) in [4.78, 5) is 36.4. The van der Waals surface area contributed by atoms with Crippen molar-refractivity contribution in [1.82, 2.24) is 19.7 Å². The van der Waals surface area contributed by atoms with Gasteiger partial charge in [-0.05, 0) is 70.5 Å². The van der Waals surface area contributed by atoms with Gasteiger partial charge < -0.3 is 14.7 Å². The van der Waals surface area contributed by atoms with Crippen molar-refractivity contribution in [3.05, 3.63) is 29.6 Å². The van der Waals surface area contributed by atoms with Gasteiger partial charge in [-0.2, -0.15) is 0 Å². The van der Waals surface area contributed by atoms with Gasteiger partial charge in [0.1, 0.15) is 0 Å². The molecule has 3 aliphatic heterocycles. The number of hydrogen-bond donors (Lipinski definition) is 0. The van der Waals surface area contributed by atoms with Crippen molar-refractivity contribution in [1.29, 1.82) is 0 Å². The Morgan fingerprint density at radius 3 is 2.32 bits per heavy atom. The van der Waals surface area contributed by atoms with Gasteiger partial charge in [0.05, 0.1) is 5.56 Å². The zero-order valence-electron chi connectivity index (χ0n) is 19.1. The number of carbonyl (C=O) groups is 2. The summed E-state index contributed by atoms with van der Waals surface area (Å²) < 4.78 is 0. The minimum Gasteiger partial charge on any atom is -0.343 e. The van der Waals surface area contributed by atoms with Crippen LogP contribution in [0.3, 0.4) is 0 Å². The molecule has 4 heterocycles. The number of aromatic nitrogens is 1. The van der Waals surface area contributed by atoms with Crippen LogP contribution in [0.4, 0.5) is 0 Å². The summed E-state index contributed by atoms with van der Waals surface area (Å²) in [6.07, 6.45) is 11.6. The third-order valence-electron chi connectivity index (χ3n) is 7.50. The summed E-state index contributed by atoms with van der Waals surface area (Å²) in [5.74, 6) is 0.791. The Kier molecular flexibility index (Phi) is 7.59. The molecule has 0 bridgehead atoms. The van der Waals surface area contributed by atoms with E-state index in [0.717, 1.165) is 70.6 Å². The molecule has 1 atom stereocenters. The number of pyridine rings is 1. The van der Waals surface area contributed by atoms with Gasteiger partial charge in [0.15, 0.2) is 0 Å². The van der Waals surface area contributed by atoms with Crippen LogP contribution in [0.15, 0.2) is 18.3 Å². The van der Waals surface area contributed by atoms with Crippen molar-refractivity contribution in [2.45, 2.75) is 76.7 Å². The van der Waals surface area contributed by atoms with E-state index in [1.165, 1.54) is 25.7 Å². The number of piperidine rings is 3. The number of hydrogen-bond acceptors (Lipinski definition) is 4. The fourth-order valence-corrected chi connectivity index (χ4v) is 5.36. The molecule has 170 valence electrons. The molecule has 0 spiro atoms. The van der Waals surface area contributed by atoms with E-state index >= 15 is 0 Å². The van der Waals surface area contributed by atoms with Crippen LogP contribution < -0.4 is 0 Å². The first kappa shape index (κ1) is 22.3. The minimum absolute atomic E-state index is 0.113. The largest absolute Gasteiger partial charge is 0.343 e. The molecular weight excluding hydrogens is 388 g/mol. The highest BCUT2D eigenvalue weighted by Crippen LogP contribution is 2.27. The summed E-state index contributed by atoms with van der Waals surface area (Å²) in [6, 6.07) is 4.58. The van der Waals surface area contributed by atoms with E-state index in [2.05, 4.69) is 16.8 Å². The highest BCUT2D eigenvalue weighted by Gasteiger charge is 2.26. The quantitative estimate of drug-likeness (QED) is 0.721. The SMILES string of the molecule is C[C@@H]1CCCCN1CCC(=O)N1CCC(c2ccc(C(=O)N3CCCCC3)cn2)CC1. The summed E-state index contributed by atoms with van der Waals surface area (Å²) in [5, 5.41) is 0. The van der Waals surface area contributed by atoms with Crippen LogP contribution in [0.1, 0.15) is 86.7 Å². The molecule has 0 N–H and O–H groups in total. The number of likely N-dealkylation sites (tertiary alicyclic amines) is 3. The van der Waals surface area contributed by atoms with E-state index in [4.69, 9.17) is 0 Å². The van der Waals surface area contributed by atoms with Crippen molar-refractivity contribution in [2.75, 3.05) is 39.3 Å². The number of carbonyl (C=O) groups excluding carboxylic acids is 2. The lowest BCUT2D eigenvalue weighted by Crippen LogP contribution is -2.42. The predicted molar refractivity (Wildman–Crippen MR) is 122 cm³/mol. The molecule has 0 saturated carbocycles. The van der Waals surface area contributed by atoms with Gasteiger partial charge >= 0.3 is 0 Å². The molecular formula is C25H38N4O2. The first-order valence-electron chi connectivity index (χ1n) is 12.4. The highest BCUT2D eigenvalue weighted by atomic mass is 16.2. The molecule has 1 aromatic heterocycles. The molecule has 6 heteroatoms. The molecule has 31 heavy (non-hydrogen) atoms. The average molecular weight is 427 g/mol. The summed E-state index contributed by atoms with van der Waals surface area (Å²) in [6.45, 7) is 7.68. The molecule has 0 unspecified atom stereocenters. The Hall–Kier alpha value is -1.95. The maximum atomic E-state index is 12.7. The van der Waals surface area contributed by atoms with E-state index < -0.39 is 0 Å². The molecule has 3 fully saturated rings. The molecule has 4 rings (SSSR count). The Morgan fingerprint density at radius 2 is 1.65 bits per heavy atom. The first-order valence-corrected chi connectivity index (χ1v) is 12.4. The lowest BCUT2D eigenvalue weighted by atomic mass is 9.92. The van der Waals surface area contributed by atoms with Gasteiger partial charge in [0.2, 0.25) is 5.91 Å². The Labute approximate surface area is 187 Å². The van der Waals surface area contributed by atoms with Crippen molar-refractivity contribution >= 4 is 11.8 Å². The normalized spacial score (nSPS) is 23.7. The molecule has 6 nitrogen and oxygen atoms in total. The smallest absolute Gasteiger partial charge is 0.255 e.